The van der Waals surface area contributed by atoms with Gasteiger partial charge in [-0.15, -0.1) is 0 Å². The summed E-state index contributed by atoms with van der Waals surface area (Å²) in [7, 11) is -3.42. The van der Waals surface area contributed by atoms with Gasteiger partial charge in [-0.3, -0.25) is 4.57 Å². The van der Waals surface area contributed by atoms with Crippen LogP contribution in [0.1, 0.15) is 5.56 Å². The highest BCUT2D eigenvalue weighted by atomic mass is 31.2. The van der Waals surface area contributed by atoms with Crippen molar-refractivity contribution in [1.29, 1.82) is 0 Å². The van der Waals surface area contributed by atoms with Gasteiger partial charge in [0.1, 0.15) is 5.75 Å². The summed E-state index contributed by atoms with van der Waals surface area (Å²) in [5.41, 5.74) is -1.49. The third-order valence-electron chi connectivity index (χ3n) is 3.14. The van der Waals surface area contributed by atoms with Crippen molar-refractivity contribution in [1.82, 2.24) is 0 Å². The Morgan fingerprint density at radius 2 is 1.57 bits per heavy atom. The minimum Gasteiger partial charge on any atom is -0.451 e. The van der Waals surface area contributed by atoms with Gasteiger partial charge >= 0.3 is 13.1 Å². The molecule has 124 valence electrons. The number of hydrogen-bond donors (Lipinski definition) is 2. The maximum absolute atomic E-state index is 12.2. The van der Waals surface area contributed by atoms with Gasteiger partial charge in [0.15, 0.2) is 6.79 Å². The van der Waals surface area contributed by atoms with E-state index in [1.807, 2.05) is 6.07 Å². The molecular formula is C16H19O6P. The van der Waals surface area contributed by atoms with E-state index in [1.165, 1.54) is 7.11 Å². The first-order valence-electron chi connectivity index (χ1n) is 6.93. The van der Waals surface area contributed by atoms with Crippen molar-refractivity contribution in [2.24, 2.45) is 0 Å². The lowest BCUT2D eigenvalue weighted by Crippen LogP contribution is -2.42. The Labute approximate surface area is 134 Å². The van der Waals surface area contributed by atoms with Crippen molar-refractivity contribution < 1.29 is 28.6 Å². The number of methoxy groups -OCH3 is 1. The highest BCUT2D eigenvalue weighted by Gasteiger charge is 2.51. The molecule has 0 saturated heterocycles. The average molecular weight is 338 g/mol. The number of rotatable bonds is 8. The molecule has 0 aromatic heterocycles. The smallest absolute Gasteiger partial charge is 0.397 e. The maximum atomic E-state index is 12.2. The average Bonchev–Trinajstić information content (AvgIpc) is 2.53. The second-order valence-corrected chi connectivity index (χ2v) is 6.65. The summed E-state index contributed by atoms with van der Waals surface area (Å²) < 4.78 is 27.9. The zero-order chi connectivity index (χ0) is 16.8. The summed E-state index contributed by atoms with van der Waals surface area (Å²) in [5.74, 6) is 0.294. The molecule has 0 aliphatic heterocycles. The second-order valence-electron chi connectivity index (χ2n) is 4.89. The summed E-state index contributed by atoms with van der Waals surface area (Å²) in [5, 5.41) is 0. The summed E-state index contributed by atoms with van der Waals surface area (Å²) in [6, 6.07) is 17.3. The van der Waals surface area contributed by atoms with Gasteiger partial charge in [-0.05, 0) is 17.7 Å². The van der Waals surface area contributed by atoms with Gasteiger partial charge in [-0.1, -0.05) is 48.5 Å². The van der Waals surface area contributed by atoms with Crippen molar-refractivity contribution >= 4 is 7.60 Å². The largest absolute Gasteiger partial charge is 0.451 e. The minimum absolute atomic E-state index is 0.129. The first-order chi connectivity index (χ1) is 11.0. The lowest BCUT2D eigenvalue weighted by molar-refractivity contribution is -0.185. The molecule has 1 unspecified atom stereocenters. The second kappa shape index (κ2) is 7.73. The van der Waals surface area contributed by atoms with Crippen LogP contribution >= 0.6 is 7.60 Å². The highest BCUT2D eigenvalue weighted by molar-refractivity contribution is 7.53. The van der Waals surface area contributed by atoms with Crippen LogP contribution in [0.4, 0.5) is 0 Å². The van der Waals surface area contributed by atoms with E-state index in [2.05, 4.69) is 0 Å². The molecule has 0 fully saturated rings. The summed E-state index contributed by atoms with van der Waals surface area (Å²) >= 11 is 0. The normalized spacial score (nSPS) is 14.2. The van der Waals surface area contributed by atoms with Crippen LogP contribution in [0.15, 0.2) is 60.7 Å². The summed E-state index contributed by atoms with van der Waals surface area (Å²) in [6.07, 6.45) is -0.129. The fourth-order valence-corrected chi connectivity index (χ4v) is 2.87. The van der Waals surface area contributed by atoms with E-state index in [4.69, 9.17) is 14.2 Å². The van der Waals surface area contributed by atoms with Gasteiger partial charge in [-0.2, -0.15) is 0 Å². The van der Waals surface area contributed by atoms with Crippen LogP contribution in [0, 0.1) is 0 Å². The zero-order valence-corrected chi connectivity index (χ0v) is 13.6. The first kappa shape index (κ1) is 17.7. The van der Waals surface area contributed by atoms with Gasteiger partial charge in [0, 0.05) is 7.11 Å². The van der Waals surface area contributed by atoms with Crippen LogP contribution in [0.3, 0.4) is 0 Å². The van der Waals surface area contributed by atoms with E-state index in [0.717, 1.165) is 0 Å². The van der Waals surface area contributed by atoms with E-state index >= 15 is 0 Å². The van der Waals surface area contributed by atoms with Gasteiger partial charge in [0.05, 0.1) is 6.42 Å². The molecular weight excluding hydrogens is 319 g/mol. The molecule has 0 radical (unpaired) electrons. The highest BCUT2D eigenvalue weighted by Crippen LogP contribution is 2.53. The predicted molar refractivity (Wildman–Crippen MR) is 85.0 cm³/mol. The van der Waals surface area contributed by atoms with Crippen LogP contribution in [0.2, 0.25) is 0 Å². The Morgan fingerprint density at radius 1 is 1.00 bits per heavy atom. The predicted octanol–water partition coefficient (Wildman–Crippen LogP) is 2.76. The molecule has 2 rings (SSSR count). The fraction of sp³-hybridized carbons (Fsp3) is 0.250. The van der Waals surface area contributed by atoms with Gasteiger partial charge in [0.2, 0.25) is 0 Å². The van der Waals surface area contributed by atoms with Crippen LogP contribution in [0.5, 0.6) is 5.75 Å². The summed E-state index contributed by atoms with van der Waals surface area (Å²) in [6.45, 7) is -0.315. The third-order valence-corrected chi connectivity index (χ3v) is 4.40. The van der Waals surface area contributed by atoms with Crippen molar-refractivity contribution in [2.45, 2.75) is 11.9 Å². The van der Waals surface area contributed by atoms with Crippen molar-refractivity contribution in [3.63, 3.8) is 0 Å². The molecule has 6 nitrogen and oxygen atoms in total. The maximum Gasteiger partial charge on any atom is 0.397 e. The molecule has 0 heterocycles. The van der Waals surface area contributed by atoms with Crippen molar-refractivity contribution in [3.05, 3.63) is 66.2 Å². The SMILES string of the molecule is COCOC(Cc1ccccc1)(Oc1ccccc1)P(=O)(O)O. The molecule has 0 aliphatic rings. The Kier molecular flexibility index (Phi) is 5.93. The Balaban J connectivity index is 2.39. The van der Waals surface area contributed by atoms with Crippen LogP contribution in [0.25, 0.3) is 0 Å². The lowest BCUT2D eigenvalue weighted by atomic mass is 10.1. The Bertz CT molecular complexity index is 599. The van der Waals surface area contributed by atoms with E-state index < -0.39 is 13.1 Å². The molecule has 0 spiro atoms. The molecule has 1 atom stereocenters. The fourth-order valence-electron chi connectivity index (χ4n) is 2.04. The van der Waals surface area contributed by atoms with E-state index in [0.29, 0.717) is 11.3 Å². The number of ether oxygens (including phenoxy) is 3. The first-order valence-corrected chi connectivity index (χ1v) is 8.54. The van der Waals surface area contributed by atoms with E-state index in [-0.39, 0.29) is 13.2 Å². The van der Waals surface area contributed by atoms with Crippen LogP contribution < -0.4 is 4.74 Å². The third kappa shape index (κ3) is 4.64. The zero-order valence-electron chi connectivity index (χ0n) is 12.7. The molecule has 2 N–H and O–H groups in total. The monoisotopic (exact) mass is 338 g/mol. The van der Waals surface area contributed by atoms with Gasteiger partial charge < -0.3 is 24.0 Å². The number of hydrogen-bond acceptors (Lipinski definition) is 4. The van der Waals surface area contributed by atoms with Crippen LogP contribution in [-0.4, -0.2) is 29.2 Å². The molecule has 23 heavy (non-hydrogen) atoms. The molecule has 0 amide bonds. The Hall–Kier alpha value is -1.69. The summed E-state index contributed by atoms with van der Waals surface area (Å²) in [4.78, 5) is 19.8. The Morgan fingerprint density at radius 3 is 2.09 bits per heavy atom. The number of para-hydroxylation sites is 1. The number of benzene rings is 2. The molecule has 0 aliphatic carbocycles. The van der Waals surface area contributed by atoms with Gasteiger partial charge in [0.25, 0.3) is 0 Å². The topological polar surface area (TPSA) is 85.2 Å². The van der Waals surface area contributed by atoms with E-state index in [1.54, 1.807) is 54.6 Å². The quantitative estimate of drug-likeness (QED) is 0.569. The molecule has 0 bridgehead atoms. The van der Waals surface area contributed by atoms with Crippen LogP contribution in [-0.2, 0) is 20.5 Å². The standard InChI is InChI=1S/C16H19O6P/c1-20-13-21-16(23(17,18)19,12-14-8-4-2-5-9-14)22-15-10-6-3-7-11-15/h2-11H,12-13H2,1H3,(H2,17,18,19). The molecule has 2 aromatic carbocycles. The van der Waals surface area contributed by atoms with E-state index in [9.17, 15) is 14.4 Å². The molecule has 2 aromatic rings. The molecule has 0 saturated carbocycles. The van der Waals surface area contributed by atoms with Gasteiger partial charge in [-0.25, -0.2) is 0 Å². The minimum atomic E-state index is -4.79. The van der Waals surface area contributed by atoms with Crippen molar-refractivity contribution in [3.8, 4) is 5.75 Å². The lowest BCUT2D eigenvalue weighted by Gasteiger charge is -2.34. The molecule has 7 heteroatoms. The van der Waals surface area contributed by atoms with Crippen molar-refractivity contribution in [2.75, 3.05) is 13.9 Å².